The van der Waals surface area contributed by atoms with Gasteiger partial charge in [-0.2, -0.15) is 0 Å². The van der Waals surface area contributed by atoms with Crippen molar-refractivity contribution in [3.63, 3.8) is 0 Å². The van der Waals surface area contributed by atoms with Crippen LogP contribution >= 0.6 is 0 Å². The van der Waals surface area contributed by atoms with Gasteiger partial charge in [0.2, 0.25) is 0 Å². The largest absolute Gasteiger partial charge is 0.399 e. The number of hydrogen-bond donors (Lipinski definition) is 2. The highest BCUT2D eigenvalue weighted by atomic mass is 14.9. The van der Waals surface area contributed by atoms with E-state index in [9.17, 15) is 0 Å². The van der Waals surface area contributed by atoms with Crippen molar-refractivity contribution in [2.24, 2.45) is 11.8 Å². The fourth-order valence-corrected chi connectivity index (χ4v) is 2.50. The first-order chi connectivity index (χ1) is 7.83. The van der Waals surface area contributed by atoms with E-state index in [1.165, 1.54) is 31.2 Å². The first-order valence-electron chi connectivity index (χ1n) is 6.41. The number of benzene rings is 1. The highest BCUT2D eigenvalue weighted by molar-refractivity contribution is 5.39. The fourth-order valence-electron chi connectivity index (χ4n) is 2.50. The van der Waals surface area contributed by atoms with Crippen LogP contribution in [-0.4, -0.2) is 6.04 Å². The van der Waals surface area contributed by atoms with Gasteiger partial charge in [-0.25, -0.2) is 0 Å². The summed E-state index contributed by atoms with van der Waals surface area (Å²) in [7, 11) is 0. The van der Waals surface area contributed by atoms with Crippen LogP contribution in [0.25, 0.3) is 0 Å². The van der Waals surface area contributed by atoms with Gasteiger partial charge in [-0.05, 0) is 55.2 Å². The average Bonchev–Trinajstić information content (AvgIpc) is 3.15. The van der Waals surface area contributed by atoms with Crippen molar-refractivity contribution in [2.75, 3.05) is 5.73 Å². The summed E-state index contributed by atoms with van der Waals surface area (Å²) >= 11 is 0. The van der Waals surface area contributed by atoms with E-state index in [1.54, 1.807) is 0 Å². The van der Waals surface area contributed by atoms with E-state index >= 15 is 0 Å². The Balaban J connectivity index is 1.56. The molecular weight excluding hydrogens is 196 g/mol. The van der Waals surface area contributed by atoms with E-state index in [-0.39, 0.29) is 0 Å². The van der Waals surface area contributed by atoms with Crippen LogP contribution in [0.1, 0.15) is 31.2 Å². The third-order valence-electron chi connectivity index (χ3n) is 3.78. The second kappa shape index (κ2) is 4.10. The molecule has 3 rings (SSSR count). The molecule has 0 aliphatic heterocycles. The summed E-state index contributed by atoms with van der Waals surface area (Å²) in [6, 6.07) is 9.01. The number of nitrogens with one attached hydrogen (secondary N) is 1. The molecule has 2 nitrogen and oxygen atoms in total. The molecule has 1 aromatic carbocycles. The van der Waals surface area contributed by atoms with Crippen LogP contribution in [0.5, 0.6) is 0 Å². The molecule has 1 aromatic rings. The van der Waals surface area contributed by atoms with E-state index in [4.69, 9.17) is 5.73 Å². The van der Waals surface area contributed by atoms with Crippen LogP contribution in [0.4, 0.5) is 5.69 Å². The second-order valence-electron chi connectivity index (χ2n) is 5.32. The smallest absolute Gasteiger partial charge is 0.0314 e. The maximum atomic E-state index is 5.68. The molecule has 0 spiro atoms. The Morgan fingerprint density at radius 3 is 2.12 bits per heavy atom. The van der Waals surface area contributed by atoms with Crippen LogP contribution in [-0.2, 0) is 6.54 Å². The molecule has 0 atom stereocenters. The molecule has 0 amide bonds. The molecule has 0 heterocycles. The van der Waals surface area contributed by atoms with Crippen LogP contribution in [0.3, 0.4) is 0 Å². The summed E-state index contributed by atoms with van der Waals surface area (Å²) < 4.78 is 0. The molecule has 2 saturated carbocycles. The first kappa shape index (κ1) is 10.2. The number of nitrogens with two attached hydrogens (primary N) is 1. The minimum absolute atomic E-state index is 0.789. The van der Waals surface area contributed by atoms with E-state index in [0.29, 0.717) is 0 Å². The molecule has 2 aliphatic rings. The summed E-state index contributed by atoms with van der Waals surface area (Å²) in [6.45, 7) is 0.998. The van der Waals surface area contributed by atoms with Gasteiger partial charge in [0.05, 0.1) is 0 Å². The predicted molar refractivity (Wildman–Crippen MR) is 66.9 cm³/mol. The van der Waals surface area contributed by atoms with E-state index in [2.05, 4.69) is 17.4 Å². The Morgan fingerprint density at radius 1 is 1.06 bits per heavy atom. The van der Waals surface area contributed by atoms with Crippen molar-refractivity contribution >= 4 is 5.69 Å². The SMILES string of the molecule is Nc1ccc(CNC(C2CC2)C2CC2)cc1. The topological polar surface area (TPSA) is 38.0 Å². The van der Waals surface area contributed by atoms with Crippen LogP contribution in [0, 0.1) is 11.8 Å². The van der Waals surface area contributed by atoms with Crippen molar-refractivity contribution in [3.05, 3.63) is 29.8 Å². The van der Waals surface area contributed by atoms with Gasteiger partial charge < -0.3 is 11.1 Å². The van der Waals surface area contributed by atoms with Gasteiger partial charge >= 0.3 is 0 Å². The molecule has 2 heteroatoms. The Labute approximate surface area is 97.2 Å². The van der Waals surface area contributed by atoms with Crippen molar-refractivity contribution in [3.8, 4) is 0 Å². The van der Waals surface area contributed by atoms with Crippen LogP contribution in [0.2, 0.25) is 0 Å². The number of nitrogen functional groups attached to an aromatic ring is 1. The highest BCUT2D eigenvalue weighted by Gasteiger charge is 2.40. The zero-order valence-corrected chi connectivity index (χ0v) is 9.65. The molecule has 16 heavy (non-hydrogen) atoms. The average molecular weight is 216 g/mol. The fraction of sp³-hybridized carbons (Fsp3) is 0.571. The van der Waals surface area contributed by atoms with Crippen LogP contribution in [0.15, 0.2) is 24.3 Å². The molecule has 86 valence electrons. The van der Waals surface area contributed by atoms with Gasteiger partial charge in [0.25, 0.3) is 0 Å². The summed E-state index contributed by atoms with van der Waals surface area (Å²) in [5, 5.41) is 3.74. The van der Waals surface area contributed by atoms with Gasteiger partial charge in [-0.3, -0.25) is 0 Å². The third-order valence-corrected chi connectivity index (χ3v) is 3.78. The molecule has 0 saturated heterocycles. The molecule has 3 N–H and O–H groups in total. The zero-order valence-electron chi connectivity index (χ0n) is 9.65. The Bertz CT molecular complexity index is 338. The minimum atomic E-state index is 0.789. The van der Waals surface area contributed by atoms with Crippen molar-refractivity contribution < 1.29 is 0 Å². The second-order valence-corrected chi connectivity index (χ2v) is 5.32. The lowest BCUT2D eigenvalue weighted by atomic mass is 10.1. The maximum Gasteiger partial charge on any atom is 0.0314 e. The summed E-state index contributed by atoms with van der Waals surface area (Å²) in [5.74, 6) is 1.95. The summed E-state index contributed by atoms with van der Waals surface area (Å²) in [4.78, 5) is 0. The predicted octanol–water partition coefficient (Wildman–Crippen LogP) is 2.55. The third kappa shape index (κ3) is 2.38. The zero-order chi connectivity index (χ0) is 11.0. The molecule has 2 fully saturated rings. The van der Waals surface area contributed by atoms with Crippen LogP contribution < -0.4 is 11.1 Å². The summed E-state index contributed by atoms with van der Waals surface area (Å²) in [6.07, 6.45) is 5.76. The Morgan fingerprint density at radius 2 is 1.62 bits per heavy atom. The standard InChI is InChI=1S/C14H20N2/c15-13-7-1-10(2-8-13)9-16-14(11-3-4-11)12-5-6-12/h1-2,7-8,11-12,14,16H,3-6,9,15H2. The van der Waals surface area contributed by atoms with Gasteiger partial charge in [-0.1, -0.05) is 12.1 Å². The van der Waals surface area contributed by atoms with E-state index in [0.717, 1.165) is 30.1 Å². The quantitative estimate of drug-likeness (QED) is 0.742. The Hall–Kier alpha value is -1.02. The van der Waals surface area contributed by atoms with E-state index in [1.807, 2.05) is 12.1 Å². The van der Waals surface area contributed by atoms with Gasteiger partial charge in [0, 0.05) is 18.3 Å². The minimum Gasteiger partial charge on any atom is -0.399 e. The molecule has 0 aromatic heterocycles. The number of rotatable bonds is 5. The molecular formula is C14H20N2. The highest BCUT2D eigenvalue weighted by Crippen LogP contribution is 2.44. The number of anilines is 1. The van der Waals surface area contributed by atoms with Gasteiger partial charge in [-0.15, -0.1) is 0 Å². The Kier molecular flexibility index (Phi) is 2.60. The lowest BCUT2D eigenvalue weighted by molar-refractivity contribution is 0.416. The summed E-state index contributed by atoms with van der Waals surface area (Å²) in [5.41, 5.74) is 7.88. The molecule has 0 radical (unpaired) electrons. The van der Waals surface area contributed by atoms with Crippen molar-refractivity contribution in [1.82, 2.24) is 5.32 Å². The lowest BCUT2D eigenvalue weighted by Gasteiger charge is -2.17. The molecule has 2 aliphatic carbocycles. The van der Waals surface area contributed by atoms with Crippen molar-refractivity contribution in [1.29, 1.82) is 0 Å². The number of hydrogen-bond acceptors (Lipinski definition) is 2. The maximum absolute atomic E-state index is 5.68. The van der Waals surface area contributed by atoms with E-state index < -0.39 is 0 Å². The molecule has 0 bridgehead atoms. The molecule has 0 unspecified atom stereocenters. The van der Waals surface area contributed by atoms with Gasteiger partial charge in [0.15, 0.2) is 0 Å². The lowest BCUT2D eigenvalue weighted by Crippen LogP contribution is -2.32. The normalized spacial score (nSPS) is 20.3. The van der Waals surface area contributed by atoms with Gasteiger partial charge in [0.1, 0.15) is 0 Å². The monoisotopic (exact) mass is 216 g/mol. The van der Waals surface area contributed by atoms with Crippen molar-refractivity contribution in [2.45, 2.75) is 38.3 Å². The first-order valence-corrected chi connectivity index (χ1v) is 6.41.